The Morgan fingerprint density at radius 1 is 0.923 bits per heavy atom. The molecule has 204 valence electrons. The van der Waals surface area contributed by atoms with E-state index in [9.17, 15) is 14.7 Å². The van der Waals surface area contributed by atoms with Gasteiger partial charge in [0, 0.05) is 37.3 Å². The molecule has 0 aliphatic carbocycles. The van der Waals surface area contributed by atoms with Crippen LogP contribution in [0.15, 0.2) is 84.9 Å². The number of esters is 1. The topological polar surface area (TPSA) is 75.6 Å². The van der Waals surface area contributed by atoms with Gasteiger partial charge in [0.2, 0.25) is 5.60 Å². The second-order valence-corrected chi connectivity index (χ2v) is 11.1. The third-order valence-electron chi connectivity index (χ3n) is 8.70. The van der Waals surface area contributed by atoms with Crippen LogP contribution >= 0.6 is 0 Å². The van der Waals surface area contributed by atoms with E-state index in [1.54, 1.807) is 24.3 Å². The summed E-state index contributed by atoms with van der Waals surface area (Å²) in [6.45, 7) is 6.52. The average Bonchev–Trinajstić information content (AvgIpc) is 3.00. The number of nitrogens with zero attached hydrogens (tertiary/aromatic N) is 1. The minimum absolute atomic E-state index is 0.0390. The molecule has 1 atom stereocenters. The molecular formula is C33H39N2O4+. The van der Waals surface area contributed by atoms with E-state index in [-0.39, 0.29) is 12.0 Å². The summed E-state index contributed by atoms with van der Waals surface area (Å²) in [5.74, 6) is -0.336. The zero-order valence-electron chi connectivity index (χ0n) is 22.7. The number of ether oxygens (including phenoxy) is 1. The minimum Gasteiger partial charge on any atom is -0.453 e. The first-order chi connectivity index (χ1) is 18.9. The van der Waals surface area contributed by atoms with E-state index < -0.39 is 11.6 Å². The maximum atomic E-state index is 13.7. The maximum Gasteiger partial charge on any atom is 0.348 e. The number of quaternary nitrogens is 1. The molecule has 0 radical (unpaired) electrons. The molecule has 3 aromatic rings. The summed E-state index contributed by atoms with van der Waals surface area (Å²) >= 11 is 0. The SMILES string of the molecule is CCc1ccc(C(=O)NCCC[N+]23CCC(CC2)[C@@H](OC(=O)C(O)(c2ccccc2)c2ccccc2)C3)cc1. The number of aliphatic hydroxyl groups is 1. The van der Waals surface area contributed by atoms with E-state index in [1.165, 1.54) is 5.56 Å². The van der Waals surface area contributed by atoms with E-state index in [0.29, 0.717) is 29.2 Å². The number of hydrogen-bond acceptors (Lipinski definition) is 4. The first kappa shape index (κ1) is 27.1. The van der Waals surface area contributed by atoms with Crippen LogP contribution in [0, 0.1) is 5.92 Å². The number of aryl methyl sites for hydroxylation is 1. The van der Waals surface area contributed by atoms with Gasteiger partial charge in [0.05, 0.1) is 19.6 Å². The lowest BCUT2D eigenvalue weighted by Crippen LogP contribution is -2.65. The lowest BCUT2D eigenvalue weighted by atomic mass is 9.82. The van der Waals surface area contributed by atoms with Crippen molar-refractivity contribution in [1.29, 1.82) is 0 Å². The molecule has 2 bridgehead atoms. The molecule has 3 aliphatic heterocycles. The third kappa shape index (κ3) is 5.77. The van der Waals surface area contributed by atoms with Crippen molar-refractivity contribution in [3.8, 4) is 0 Å². The molecule has 39 heavy (non-hydrogen) atoms. The smallest absolute Gasteiger partial charge is 0.348 e. The molecule has 1 amide bonds. The van der Waals surface area contributed by atoms with Gasteiger partial charge in [0.25, 0.3) is 5.91 Å². The van der Waals surface area contributed by atoms with Crippen molar-refractivity contribution < 1.29 is 23.9 Å². The van der Waals surface area contributed by atoms with E-state index in [2.05, 4.69) is 12.2 Å². The van der Waals surface area contributed by atoms with Crippen LogP contribution in [0.25, 0.3) is 0 Å². The molecule has 6 rings (SSSR count). The van der Waals surface area contributed by atoms with Gasteiger partial charge in [-0.05, 0) is 35.2 Å². The Balaban J connectivity index is 1.21. The minimum atomic E-state index is -1.86. The number of carbonyl (C=O) groups excluding carboxylic acids is 2. The molecule has 2 N–H and O–H groups in total. The largest absolute Gasteiger partial charge is 0.453 e. The van der Waals surface area contributed by atoms with Crippen molar-refractivity contribution >= 4 is 11.9 Å². The lowest BCUT2D eigenvalue weighted by molar-refractivity contribution is -0.946. The highest BCUT2D eigenvalue weighted by Crippen LogP contribution is 2.38. The third-order valence-corrected chi connectivity index (χ3v) is 8.70. The van der Waals surface area contributed by atoms with Crippen molar-refractivity contribution in [2.24, 2.45) is 5.92 Å². The summed E-state index contributed by atoms with van der Waals surface area (Å²) in [5, 5.41) is 14.9. The summed E-state index contributed by atoms with van der Waals surface area (Å²) in [6.07, 6.45) is 3.59. The Morgan fingerprint density at radius 3 is 2.08 bits per heavy atom. The van der Waals surface area contributed by atoms with Gasteiger partial charge in [-0.1, -0.05) is 79.7 Å². The first-order valence-corrected chi connectivity index (χ1v) is 14.2. The Morgan fingerprint density at radius 2 is 1.51 bits per heavy atom. The molecule has 6 nitrogen and oxygen atoms in total. The molecule has 3 saturated heterocycles. The first-order valence-electron chi connectivity index (χ1n) is 14.2. The van der Waals surface area contributed by atoms with Gasteiger partial charge in [0.15, 0.2) is 6.10 Å². The van der Waals surface area contributed by atoms with Gasteiger partial charge in [0.1, 0.15) is 6.54 Å². The zero-order chi connectivity index (χ0) is 27.3. The van der Waals surface area contributed by atoms with E-state index in [1.807, 2.05) is 60.7 Å². The summed E-state index contributed by atoms with van der Waals surface area (Å²) in [4.78, 5) is 26.3. The number of carbonyl (C=O) groups is 2. The summed E-state index contributed by atoms with van der Waals surface area (Å²) in [5.41, 5.74) is 1.06. The van der Waals surface area contributed by atoms with Gasteiger partial charge >= 0.3 is 5.97 Å². The second kappa shape index (κ2) is 11.7. The number of fused-ring (bicyclic) bond motifs is 3. The number of rotatable bonds is 10. The Labute approximate surface area is 231 Å². The molecule has 3 aliphatic rings. The predicted octanol–water partition coefficient (Wildman–Crippen LogP) is 4.46. The molecule has 6 heteroatoms. The molecule has 0 spiro atoms. The fourth-order valence-electron chi connectivity index (χ4n) is 6.26. The number of hydrogen-bond donors (Lipinski definition) is 2. The van der Waals surface area contributed by atoms with Crippen LogP contribution in [-0.4, -0.2) is 60.3 Å². The fourth-order valence-corrected chi connectivity index (χ4v) is 6.26. The van der Waals surface area contributed by atoms with Crippen LogP contribution in [-0.2, 0) is 21.6 Å². The predicted molar refractivity (Wildman–Crippen MR) is 151 cm³/mol. The van der Waals surface area contributed by atoms with Gasteiger partial charge in [-0.3, -0.25) is 4.79 Å². The van der Waals surface area contributed by atoms with E-state index >= 15 is 0 Å². The highest BCUT2D eigenvalue weighted by Gasteiger charge is 2.50. The van der Waals surface area contributed by atoms with Gasteiger partial charge in [-0.15, -0.1) is 0 Å². The Kier molecular flexibility index (Phi) is 8.15. The van der Waals surface area contributed by atoms with Crippen molar-refractivity contribution in [1.82, 2.24) is 5.32 Å². The molecule has 3 fully saturated rings. The van der Waals surface area contributed by atoms with Crippen molar-refractivity contribution in [3.63, 3.8) is 0 Å². The van der Waals surface area contributed by atoms with Crippen LogP contribution in [0.3, 0.4) is 0 Å². The fraction of sp³-hybridized carbons (Fsp3) is 0.394. The van der Waals surface area contributed by atoms with Crippen LogP contribution in [0.2, 0.25) is 0 Å². The van der Waals surface area contributed by atoms with Crippen LogP contribution in [0.4, 0.5) is 0 Å². The zero-order valence-corrected chi connectivity index (χ0v) is 22.7. The van der Waals surface area contributed by atoms with Crippen molar-refractivity contribution in [2.45, 2.75) is 44.3 Å². The van der Waals surface area contributed by atoms with Crippen LogP contribution in [0.5, 0.6) is 0 Å². The number of piperidine rings is 3. The van der Waals surface area contributed by atoms with Crippen LogP contribution < -0.4 is 5.32 Å². The summed E-state index contributed by atoms with van der Waals surface area (Å²) < 4.78 is 7.06. The normalized spacial score (nSPS) is 22.3. The lowest BCUT2D eigenvalue weighted by Gasteiger charge is -2.52. The molecule has 0 aromatic heterocycles. The summed E-state index contributed by atoms with van der Waals surface area (Å²) in [6, 6.07) is 25.9. The highest BCUT2D eigenvalue weighted by molar-refractivity contribution is 5.94. The standard InChI is InChI=1S/C33H38N2O4/c1-2-25-14-16-27(17-15-25)31(36)34-20-9-21-35-22-18-26(19-23-35)30(24-35)39-32(37)33(38,28-10-5-3-6-11-28)29-12-7-4-8-13-29/h3-8,10-17,26,30,38H,2,9,18-24H2,1H3/p+1/t26?,30-,35?/m0/s1. The summed E-state index contributed by atoms with van der Waals surface area (Å²) in [7, 11) is 0. The van der Waals surface area contributed by atoms with Gasteiger partial charge in [-0.25, -0.2) is 4.79 Å². The number of nitrogens with one attached hydrogen (secondary N) is 1. The van der Waals surface area contributed by atoms with Gasteiger partial charge < -0.3 is 19.6 Å². The van der Waals surface area contributed by atoms with E-state index in [0.717, 1.165) is 56.3 Å². The van der Waals surface area contributed by atoms with Crippen molar-refractivity contribution in [2.75, 3.05) is 32.7 Å². The molecule has 3 heterocycles. The Bertz CT molecular complexity index is 1210. The number of amides is 1. The monoisotopic (exact) mass is 527 g/mol. The Hall–Kier alpha value is -3.48. The second-order valence-electron chi connectivity index (χ2n) is 11.1. The quantitative estimate of drug-likeness (QED) is 0.232. The van der Waals surface area contributed by atoms with Crippen molar-refractivity contribution in [3.05, 3.63) is 107 Å². The molecule has 0 unspecified atom stereocenters. The van der Waals surface area contributed by atoms with E-state index in [4.69, 9.17) is 4.74 Å². The molecule has 0 saturated carbocycles. The highest BCUT2D eigenvalue weighted by atomic mass is 16.6. The number of benzene rings is 3. The average molecular weight is 528 g/mol. The molecular weight excluding hydrogens is 488 g/mol. The molecule has 3 aromatic carbocycles. The van der Waals surface area contributed by atoms with Gasteiger partial charge in [-0.2, -0.15) is 0 Å². The maximum absolute atomic E-state index is 13.7. The van der Waals surface area contributed by atoms with Crippen LogP contribution in [0.1, 0.15) is 53.2 Å².